The van der Waals surface area contributed by atoms with Gasteiger partial charge in [0.25, 0.3) is 5.91 Å². The fourth-order valence-corrected chi connectivity index (χ4v) is 3.38. The SMILES string of the molecule is COc1cccc(C(=O)N2CCN(c3cc(-c4ccc(F)cc4)ncn3)CC2)c1. The average molecular weight is 392 g/mol. The molecule has 7 heteroatoms. The van der Waals surface area contributed by atoms with E-state index in [1.165, 1.54) is 18.5 Å². The summed E-state index contributed by atoms with van der Waals surface area (Å²) in [4.78, 5) is 25.4. The van der Waals surface area contributed by atoms with Gasteiger partial charge in [-0.3, -0.25) is 4.79 Å². The highest BCUT2D eigenvalue weighted by atomic mass is 19.1. The van der Waals surface area contributed by atoms with Crippen molar-refractivity contribution in [1.29, 1.82) is 0 Å². The number of hydrogen-bond acceptors (Lipinski definition) is 5. The molecule has 29 heavy (non-hydrogen) atoms. The highest BCUT2D eigenvalue weighted by Crippen LogP contribution is 2.22. The summed E-state index contributed by atoms with van der Waals surface area (Å²) in [5.41, 5.74) is 2.20. The molecule has 1 saturated heterocycles. The van der Waals surface area contributed by atoms with Gasteiger partial charge in [-0.15, -0.1) is 0 Å². The molecule has 2 aromatic carbocycles. The van der Waals surface area contributed by atoms with E-state index < -0.39 is 0 Å². The molecule has 1 amide bonds. The molecule has 0 spiro atoms. The largest absolute Gasteiger partial charge is 0.497 e. The lowest BCUT2D eigenvalue weighted by molar-refractivity contribution is 0.0746. The Morgan fingerprint density at radius 3 is 2.48 bits per heavy atom. The van der Waals surface area contributed by atoms with Crippen molar-refractivity contribution in [2.45, 2.75) is 0 Å². The monoisotopic (exact) mass is 392 g/mol. The van der Waals surface area contributed by atoms with Gasteiger partial charge in [-0.2, -0.15) is 0 Å². The Balaban J connectivity index is 1.44. The third kappa shape index (κ3) is 4.18. The highest BCUT2D eigenvalue weighted by molar-refractivity contribution is 5.94. The third-order valence-electron chi connectivity index (χ3n) is 5.00. The number of hydrogen-bond donors (Lipinski definition) is 0. The second-order valence-electron chi connectivity index (χ2n) is 6.78. The van der Waals surface area contributed by atoms with Gasteiger partial charge in [-0.1, -0.05) is 6.07 Å². The fraction of sp³-hybridized carbons (Fsp3) is 0.227. The number of methoxy groups -OCH3 is 1. The van der Waals surface area contributed by atoms with Crippen molar-refractivity contribution in [2.24, 2.45) is 0 Å². The predicted molar refractivity (Wildman–Crippen MR) is 109 cm³/mol. The predicted octanol–water partition coefficient (Wildman–Crippen LogP) is 3.25. The van der Waals surface area contributed by atoms with Crippen LogP contribution in [0.15, 0.2) is 60.9 Å². The number of nitrogens with zero attached hydrogens (tertiary/aromatic N) is 4. The van der Waals surface area contributed by atoms with Crippen molar-refractivity contribution in [3.8, 4) is 17.0 Å². The zero-order valence-electron chi connectivity index (χ0n) is 16.1. The molecular weight excluding hydrogens is 371 g/mol. The van der Waals surface area contributed by atoms with Crippen LogP contribution in [-0.4, -0.2) is 54.1 Å². The van der Waals surface area contributed by atoms with Crippen LogP contribution in [0.25, 0.3) is 11.3 Å². The van der Waals surface area contributed by atoms with E-state index in [9.17, 15) is 9.18 Å². The Morgan fingerprint density at radius 1 is 1.00 bits per heavy atom. The van der Waals surface area contributed by atoms with Crippen LogP contribution in [0.1, 0.15) is 10.4 Å². The molecule has 4 rings (SSSR count). The van der Waals surface area contributed by atoms with Gasteiger partial charge in [0.15, 0.2) is 0 Å². The maximum Gasteiger partial charge on any atom is 0.254 e. The van der Waals surface area contributed by atoms with E-state index in [-0.39, 0.29) is 11.7 Å². The first-order valence-electron chi connectivity index (χ1n) is 9.40. The van der Waals surface area contributed by atoms with Gasteiger partial charge in [0, 0.05) is 43.4 Å². The lowest BCUT2D eigenvalue weighted by atomic mass is 10.1. The molecule has 0 aliphatic carbocycles. The van der Waals surface area contributed by atoms with Crippen LogP contribution in [0, 0.1) is 5.82 Å². The Labute approximate surface area is 168 Å². The van der Waals surface area contributed by atoms with E-state index >= 15 is 0 Å². The summed E-state index contributed by atoms with van der Waals surface area (Å²) < 4.78 is 18.4. The van der Waals surface area contributed by atoms with Crippen molar-refractivity contribution in [1.82, 2.24) is 14.9 Å². The summed E-state index contributed by atoms with van der Waals surface area (Å²) in [5, 5.41) is 0. The summed E-state index contributed by atoms with van der Waals surface area (Å²) in [7, 11) is 1.59. The average Bonchev–Trinajstić information content (AvgIpc) is 2.79. The second-order valence-corrected chi connectivity index (χ2v) is 6.78. The number of piperazine rings is 1. The molecular formula is C22H21FN4O2. The molecule has 148 valence electrons. The molecule has 1 aliphatic heterocycles. The Kier molecular flexibility index (Phi) is 5.37. The Morgan fingerprint density at radius 2 is 1.76 bits per heavy atom. The molecule has 0 atom stereocenters. The molecule has 1 aromatic heterocycles. The van der Waals surface area contributed by atoms with E-state index in [4.69, 9.17) is 4.74 Å². The van der Waals surface area contributed by atoms with Crippen LogP contribution in [0.2, 0.25) is 0 Å². The number of anilines is 1. The van der Waals surface area contributed by atoms with Gasteiger partial charge >= 0.3 is 0 Å². The van der Waals surface area contributed by atoms with Crippen molar-refractivity contribution >= 4 is 11.7 Å². The normalized spacial score (nSPS) is 14.0. The topological polar surface area (TPSA) is 58.6 Å². The minimum absolute atomic E-state index is 0.00163. The van der Waals surface area contributed by atoms with Crippen LogP contribution < -0.4 is 9.64 Å². The first-order chi connectivity index (χ1) is 14.1. The molecule has 0 bridgehead atoms. The van der Waals surface area contributed by atoms with E-state index in [0.717, 1.165) is 17.1 Å². The summed E-state index contributed by atoms with van der Waals surface area (Å²) >= 11 is 0. The van der Waals surface area contributed by atoms with Gasteiger partial charge in [0.2, 0.25) is 0 Å². The molecule has 0 N–H and O–H groups in total. The molecule has 1 aliphatic rings. The Hall–Kier alpha value is -3.48. The van der Waals surface area contributed by atoms with Gasteiger partial charge in [0.1, 0.15) is 23.7 Å². The first-order valence-corrected chi connectivity index (χ1v) is 9.40. The third-order valence-corrected chi connectivity index (χ3v) is 5.00. The van der Waals surface area contributed by atoms with E-state index in [0.29, 0.717) is 37.5 Å². The summed E-state index contributed by atoms with van der Waals surface area (Å²) in [6.07, 6.45) is 1.52. The van der Waals surface area contributed by atoms with Crippen molar-refractivity contribution in [3.63, 3.8) is 0 Å². The van der Waals surface area contributed by atoms with Gasteiger partial charge in [-0.25, -0.2) is 14.4 Å². The number of aromatic nitrogens is 2. The van der Waals surface area contributed by atoms with Crippen LogP contribution in [0.3, 0.4) is 0 Å². The number of rotatable bonds is 4. The molecule has 2 heterocycles. The molecule has 0 unspecified atom stereocenters. The number of amides is 1. The van der Waals surface area contributed by atoms with Crippen LogP contribution in [0.5, 0.6) is 5.75 Å². The molecule has 3 aromatic rings. The Bertz CT molecular complexity index is 1000. The van der Waals surface area contributed by atoms with Gasteiger partial charge < -0.3 is 14.5 Å². The number of benzene rings is 2. The fourth-order valence-electron chi connectivity index (χ4n) is 3.38. The summed E-state index contributed by atoms with van der Waals surface area (Å²) in [5.74, 6) is 1.19. The summed E-state index contributed by atoms with van der Waals surface area (Å²) in [6.45, 7) is 2.56. The smallest absolute Gasteiger partial charge is 0.254 e. The maximum absolute atomic E-state index is 13.2. The number of ether oxygens (including phenoxy) is 1. The first kappa shape index (κ1) is 18.9. The highest BCUT2D eigenvalue weighted by Gasteiger charge is 2.23. The van der Waals surface area contributed by atoms with Crippen LogP contribution in [0.4, 0.5) is 10.2 Å². The molecule has 0 saturated carbocycles. The van der Waals surface area contributed by atoms with Gasteiger partial charge in [0.05, 0.1) is 12.8 Å². The van der Waals surface area contributed by atoms with E-state index in [2.05, 4.69) is 14.9 Å². The molecule has 6 nitrogen and oxygen atoms in total. The quantitative estimate of drug-likeness (QED) is 0.682. The second kappa shape index (κ2) is 8.26. The zero-order chi connectivity index (χ0) is 20.2. The minimum atomic E-state index is -0.278. The van der Waals surface area contributed by atoms with Crippen molar-refractivity contribution < 1.29 is 13.9 Å². The molecule has 1 fully saturated rings. The van der Waals surface area contributed by atoms with Crippen molar-refractivity contribution in [3.05, 3.63) is 72.3 Å². The minimum Gasteiger partial charge on any atom is -0.497 e. The lowest BCUT2D eigenvalue weighted by Gasteiger charge is -2.35. The lowest BCUT2D eigenvalue weighted by Crippen LogP contribution is -2.49. The van der Waals surface area contributed by atoms with E-state index in [1.54, 1.807) is 31.4 Å². The van der Waals surface area contributed by atoms with E-state index in [1.807, 2.05) is 23.1 Å². The van der Waals surface area contributed by atoms with Crippen LogP contribution in [-0.2, 0) is 0 Å². The zero-order valence-corrected chi connectivity index (χ0v) is 16.1. The maximum atomic E-state index is 13.2. The van der Waals surface area contributed by atoms with Gasteiger partial charge in [-0.05, 0) is 42.5 Å². The number of carbonyl (C=O) groups is 1. The standard InChI is InChI=1S/C22H21FN4O2/c1-29-19-4-2-3-17(13-19)22(28)27-11-9-26(10-12-27)21-14-20(24-15-25-21)16-5-7-18(23)8-6-16/h2-8,13-15H,9-12H2,1H3. The molecule has 0 radical (unpaired) electrons. The number of halogens is 1. The van der Waals surface area contributed by atoms with Crippen molar-refractivity contribution in [2.75, 3.05) is 38.2 Å². The number of carbonyl (C=O) groups excluding carboxylic acids is 1. The van der Waals surface area contributed by atoms with Crippen LogP contribution >= 0.6 is 0 Å². The summed E-state index contributed by atoms with van der Waals surface area (Å²) in [6, 6.07) is 15.3.